The van der Waals surface area contributed by atoms with E-state index in [1.54, 1.807) is 17.7 Å². The Kier molecular flexibility index (Phi) is 3.42. The maximum Gasteiger partial charge on any atom is 0.337 e. The van der Waals surface area contributed by atoms with Gasteiger partial charge in [-0.2, -0.15) is 0 Å². The summed E-state index contributed by atoms with van der Waals surface area (Å²) < 4.78 is 1.79. The van der Waals surface area contributed by atoms with Crippen molar-refractivity contribution >= 4 is 22.7 Å². The van der Waals surface area contributed by atoms with Gasteiger partial charge in [-0.05, 0) is 37.5 Å². The largest absolute Gasteiger partial charge is 0.478 e. The van der Waals surface area contributed by atoms with E-state index in [9.17, 15) is 14.7 Å². The number of carboxylic acid groups (broad SMARTS) is 1. The normalized spacial score (nSPS) is 11.3. The molecule has 4 heteroatoms. The quantitative estimate of drug-likeness (QED) is 0.870. The topological polar surface area (TPSA) is 59.3 Å². The van der Waals surface area contributed by atoms with Gasteiger partial charge in [0.05, 0.1) is 11.1 Å². The third kappa shape index (κ3) is 2.01. The summed E-state index contributed by atoms with van der Waals surface area (Å²) in [4.78, 5) is 23.4. The fraction of sp³-hybridized carbons (Fsp3) is 0.375. The van der Waals surface area contributed by atoms with Crippen molar-refractivity contribution in [2.24, 2.45) is 7.05 Å². The van der Waals surface area contributed by atoms with E-state index >= 15 is 0 Å². The van der Waals surface area contributed by atoms with Gasteiger partial charge in [-0.15, -0.1) is 0 Å². The molecule has 106 valence electrons. The number of fused-ring (bicyclic) bond motifs is 1. The molecule has 0 fully saturated rings. The summed E-state index contributed by atoms with van der Waals surface area (Å²) in [5.74, 6) is -0.795. The number of carboxylic acids is 1. The molecule has 0 aliphatic rings. The second kappa shape index (κ2) is 4.78. The average molecular weight is 273 g/mol. The summed E-state index contributed by atoms with van der Waals surface area (Å²) in [7, 11) is 1.80. The maximum absolute atomic E-state index is 11.9. The highest BCUT2D eigenvalue weighted by Gasteiger charge is 2.22. The Morgan fingerprint density at radius 3 is 2.30 bits per heavy atom. The van der Waals surface area contributed by atoms with Crippen molar-refractivity contribution in [3.63, 3.8) is 0 Å². The van der Waals surface area contributed by atoms with Gasteiger partial charge in [-0.25, -0.2) is 4.79 Å². The van der Waals surface area contributed by atoms with Gasteiger partial charge in [0.25, 0.3) is 0 Å². The predicted octanol–water partition coefficient (Wildman–Crippen LogP) is 3.51. The van der Waals surface area contributed by atoms with Crippen LogP contribution in [0, 0.1) is 6.92 Å². The average Bonchev–Trinajstić information content (AvgIpc) is 2.60. The van der Waals surface area contributed by atoms with E-state index in [-0.39, 0.29) is 17.3 Å². The molecule has 4 nitrogen and oxygen atoms in total. The van der Waals surface area contributed by atoms with Crippen LogP contribution in [-0.2, 0) is 7.05 Å². The Bertz CT molecular complexity index is 723. The number of hydrogen-bond acceptors (Lipinski definition) is 2. The van der Waals surface area contributed by atoms with Gasteiger partial charge in [0.1, 0.15) is 0 Å². The first-order valence-electron chi connectivity index (χ1n) is 6.62. The van der Waals surface area contributed by atoms with Crippen LogP contribution in [0.15, 0.2) is 12.1 Å². The second-order valence-electron chi connectivity index (χ2n) is 5.50. The van der Waals surface area contributed by atoms with Gasteiger partial charge in [-0.1, -0.05) is 13.8 Å². The van der Waals surface area contributed by atoms with Gasteiger partial charge >= 0.3 is 5.97 Å². The number of nitrogens with zero attached hydrogens (tertiary/aromatic N) is 1. The molecular formula is C16H19NO3. The van der Waals surface area contributed by atoms with E-state index in [1.165, 1.54) is 6.92 Å². The van der Waals surface area contributed by atoms with E-state index in [0.29, 0.717) is 11.1 Å². The third-order valence-electron chi connectivity index (χ3n) is 3.85. The molecular weight excluding hydrogens is 254 g/mol. The van der Waals surface area contributed by atoms with Crippen molar-refractivity contribution in [3.8, 4) is 0 Å². The summed E-state index contributed by atoms with van der Waals surface area (Å²) in [6.45, 7) is 7.38. The number of benzene rings is 1. The minimum atomic E-state index is -0.965. The highest BCUT2D eigenvalue weighted by Crippen LogP contribution is 2.31. The SMILES string of the molecule is CC(=O)c1c(C)n(C)c2c(C(=O)O)cc(C(C)C)cc12. The molecule has 0 atom stereocenters. The Labute approximate surface area is 118 Å². The first-order chi connectivity index (χ1) is 9.25. The van der Waals surface area contributed by atoms with Crippen molar-refractivity contribution in [2.45, 2.75) is 33.6 Å². The fourth-order valence-corrected chi connectivity index (χ4v) is 2.68. The highest BCUT2D eigenvalue weighted by atomic mass is 16.4. The highest BCUT2D eigenvalue weighted by molar-refractivity contribution is 6.13. The molecule has 1 aromatic carbocycles. The lowest BCUT2D eigenvalue weighted by Gasteiger charge is -2.09. The molecule has 2 aromatic rings. The van der Waals surface area contributed by atoms with Gasteiger partial charge in [0.15, 0.2) is 5.78 Å². The second-order valence-corrected chi connectivity index (χ2v) is 5.50. The van der Waals surface area contributed by atoms with Crippen molar-refractivity contribution in [3.05, 3.63) is 34.5 Å². The molecule has 0 radical (unpaired) electrons. The lowest BCUT2D eigenvalue weighted by Crippen LogP contribution is -2.03. The Balaban J connectivity index is 3.01. The third-order valence-corrected chi connectivity index (χ3v) is 3.85. The molecule has 1 heterocycles. The molecule has 0 aliphatic carbocycles. The number of hydrogen-bond donors (Lipinski definition) is 1. The van der Waals surface area contributed by atoms with Gasteiger partial charge in [-0.3, -0.25) is 4.79 Å². The summed E-state index contributed by atoms with van der Waals surface area (Å²) >= 11 is 0. The minimum absolute atomic E-state index is 0.0367. The molecule has 1 N–H and O–H groups in total. The number of aromatic nitrogens is 1. The van der Waals surface area contributed by atoms with Gasteiger partial charge in [0.2, 0.25) is 0 Å². The lowest BCUT2D eigenvalue weighted by atomic mass is 9.96. The summed E-state index contributed by atoms with van der Waals surface area (Å²) in [5, 5.41) is 10.2. The zero-order valence-corrected chi connectivity index (χ0v) is 12.4. The predicted molar refractivity (Wildman–Crippen MR) is 78.7 cm³/mol. The molecule has 0 bridgehead atoms. The summed E-state index contributed by atoms with van der Waals surface area (Å²) in [5.41, 5.74) is 3.22. The van der Waals surface area contributed by atoms with Crippen LogP contribution in [0.2, 0.25) is 0 Å². The number of ketones is 1. The summed E-state index contributed by atoms with van der Waals surface area (Å²) in [6, 6.07) is 3.65. The van der Waals surface area contributed by atoms with Crippen molar-refractivity contribution in [2.75, 3.05) is 0 Å². The molecule has 0 aliphatic heterocycles. The molecule has 2 rings (SSSR count). The molecule has 0 unspecified atom stereocenters. The van der Waals surface area contributed by atoms with Crippen LogP contribution >= 0.6 is 0 Å². The number of carbonyl (C=O) groups excluding carboxylic acids is 1. The zero-order valence-electron chi connectivity index (χ0n) is 12.4. The minimum Gasteiger partial charge on any atom is -0.478 e. The van der Waals surface area contributed by atoms with Crippen LogP contribution in [0.3, 0.4) is 0 Å². The molecule has 0 amide bonds. The van der Waals surface area contributed by atoms with Crippen LogP contribution in [0.1, 0.15) is 58.7 Å². The van der Waals surface area contributed by atoms with Crippen molar-refractivity contribution in [1.29, 1.82) is 0 Å². The lowest BCUT2D eigenvalue weighted by molar-refractivity contribution is 0.0698. The Hall–Kier alpha value is -2.10. The molecule has 0 saturated heterocycles. The van der Waals surface area contributed by atoms with E-state index in [2.05, 4.69) is 0 Å². The van der Waals surface area contributed by atoms with Crippen LogP contribution in [-0.4, -0.2) is 21.4 Å². The summed E-state index contributed by atoms with van der Waals surface area (Å²) in [6.07, 6.45) is 0. The van der Waals surface area contributed by atoms with Crippen molar-refractivity contribution < 1.29 is 14.7 Å². The number of rotatable bonds is 3. The van der Waals surface area contributed by atoms with E-state index in [0.717, 1.165) is 16.6 Å². The van der Waals surface area contributed by atoms with E-state index in [1.807, 2.05) is 26.8 Å². The maximum atomic E-state index is 11.9. The Morgan fingerprint density at radius 2 is 1.85 bits per heavy atom. The smallest absolute Gasteiger partial charge is 0.337 e. The van der Waals surface area contributed by atoms with Crippen LogP contribution < -0.4 is 0 Å². The molecule has 20 heavy (non-hydrogen) atoms. The van der Waals surface area contributed by atoms with Crippen LogP contribution in [0.25, 0.3) is 10.9 Å². The van der Waals surface area contributed by atoms with Gasteiger partial charge < -0.3 is 9.67 Å². The number of aromatic carboxylic acids is 1. The monoisotopic (exact) mass is 273 g/mol. The zero-order chi connectivity index (χ0) is 15.2. The first kappa shape index (κ1) is 14.3. The van der Waals surface area contributed by atoms with Gasteiger partial charge in [0, 0.05) is 23.7 Å². The fourth-order valence-electron chi connectivity index (χ4n) is 2.68. The van der Waals surface area contributed by atoms with E-state index < -0.39 is 5.97 Å². The number of carbonyl (C=O) groups is 2. The van der Waals surface area contributed by atoms with Crippen LogP contribution in [0.5, 0.6) is 0 Å². The molecule has 1 aromatic heterocycles. The standard InChI is InChI=1S/C16H19NO3/c1-8(2)11-6-12-14(10(4)18)9(3)17(5)15(12)13(7-11)16(19)20/h6-8H,1-5H3,(H,19,20). The van der Waals surface area contributed by atoms with Crippen molar-refractivity contribution in [1.82, 2.24) is 4.57 Å². The molecule has 0 spiro atoms. The van der Waals surface area contributed by atoms with E-state index in [4.69, 9.17) is 0 Å². The molecule has 0 saturated carbocycles. The van der Waals surface area contributed by atoms with Crippen LogP contribution in [0.4, 0.5) is 0 Å². The first-order valence-corrected chi connectivity index (χ1v) is 6.62. The number of aryl methyl sites for hydroxylation is 1. The number of Topliss-reactive ketones (excluding diaryl/α,β-unsaturated/α-hetero) is 1. The Morgan fingerprint density at radius 1 is 1.25 bits per heavy atom.